The molecule has 0 unspecified atom stereocenters. The summed E-state index contributed by atoms with van der Waals surface area (Å²) >= 11 is 0. The Morgan fingerprint density at radius 3 is 2.50 bits per heavy atom. The molecule has 0 bridgehead atoms. The Bertz CT molecular complexity index is 230. The van der Waals surface area contributed by atoms with Crippen molar-refractivity contribution < 1.29 is 4.79 Å². The van der Waals surface area contributed by atoms with Crippen molar-refractivity contribution in [3.05, 3.63) is 0 Å². The van der Waals surface area contributed by atoms with Crippen LogP contribution in [0, 0.1) is 5.92 Å². The molecule has 1 atom stereocenters. The average Bonchev–Trinajstić information content (AvgIpc) is 2.95. The van der Waals surface area contributed by atoms with Crippen molar-refractivity contribution >= 4 is 5.91 Å². The van der Waals surface area contributed by atoms with E-state index in [1.807, 2.05) is 4.90 Å². The Kier molecular flexibility index (Phi) is 4.22. The molecule has 0 spiro atoms. The minimum atomic E-state index is 0.294. The molecular weight excluding hydrogens is 200 g/mol. The number of hydrogen-bond acceptors (Lipinski definition) is 2. The van der Waals surface area contributed by atoms with E-state index in [1.54, 1.807) is 0 Å². The standard InChI is InChI=1S/C13H24N2O/c1-11(12-6-2-3-7-12)14-10-13(16)15-8-4-5-9-15/h11-12,14H,2-10H2,1H3/t11-/m0/s1. The summed E-state index contributed by atoms with van der Waals surface area (Å²) in [6.45, 7) is 4.71. The lowest BCUT2D eigenvalue weighted by molar-refractivity contribution is -0.129. The molecule has 2 fully saturated rings. The fourth-order valence-corrected chi connectivity index (χ4v) is 2.95. The van der Waals surface area contributed by atoms with E-state index in [9.17, 15) is 4.79 Å². The van der Waals surface area contributed by atoms with Crippen molar-refractivity contribution in [3.63, 3.8) is 0 Å². The first-order chi connectivity index (χ1) is 7.77. The fourth-order valence-electron chi connectivity index (χ4n) is 2.95. The first-order valence-electron chi connectivity index (χ1n) is 6.78. The van der Waals surface area contributed by atoms with Crippen LogP contribution in [-0.4, -0.2) is 36.5 Å². The maximum Gasteiger partial charge on any atom is 0.236 e. The first-order valence-corrected chi connectivity index (χ1v) is 6.78. The van der Waals surface area contributed by atoms with Gasteiger partial charge in [0, 0.05) is 19.1 Å². The minimum absolute atomic E-state index is 0.294. The van der Waals surface area contributed by atoms with Gasteiger partial charge < -0.3 is 10.2 Å². The van der Waals surface area contributed by atoms with Crippen LogP contribution in [-0.2, 0) is 4.79 Å². The van der Waals surface area contributed by atoms with E-state index >= 15 is 0 Å². The number of nitrogens with one attached hydrogen (secondary N) is 1. The van der Waals surface area contributed by atoms with Crippen LogP contribution in [0.2, 0.25) is 0 Å². The zero-order valence-electron chi connectivity index (χ0n) is 10.4. The van der Waals surface area contributed by atoms with Gasteiger partial charge in [-0.25, -0.2) is 0 Å². The van der Waals surface area contributed by atoms with Gasteiger partial charge in [0.05, 0.1) is 6.54 Å². The molecule has 0 aromatic heterocycles. The van der Waals surface area contributed by atoms with Gasteiger partial charge in [-0.05, 0) is 38.5 Å². The molecule has 1 N–H and O–H groups in total. The molecular formula is C13H24N2O. The van der Waals surface area contributed by atoms with Crippen LogP contribution in [0.1, 0.15) is 45.4 Å². The predicted molar refractivity (Wildman–Crippen MR) is 65.2 cm³/mol. The van der Waals surface area contributed by atoms with Crippen molar-refractivity contribution in [2.75, 3.05) is 19.6 Å². The van der Waals surface area contributed by atoms with E-state index in [-0.39, 0.29) is 0 Å². The van der Waals surface area contributed by atoms with Crippen molar-refractivity contribution in [2.24, 2.45) is 5.92 Å². The zero-order chi connectivity index (χ0) is 11.4. The molecule has 3 nitrogen and oxygen atoms in total. The lowest BCUT2D eigenvalue weighted by Crippen LogP contribution is -2.41. The van der Waals surface area contributed by atoms with Gasteiger partial charge in [0.1, 0.15) is 0 Å². The molecule has 16 heavy (non-hydrogen) atoms. The third-order valence-corrected chi connectivity index (χ3v) is 4.14. The van der Waals surface area contributed by atoms with E-state index in [1.165, 1.54) is 38.5 Å². The topological polar surface area (TPSA) is 32.3 Å². The summed E-state index contributed by atoms with van der Waals surface area (Å²) in [4.78, 5) is 13.8. The molecule has 0 aromatic rings. The van der Waals surface area contributed by atoms with Crippen LogP contribution in [0.4, 0.5) is 0 Å². The lowest BCUT2D eigenvalue weighted by atomic mass is 10.00. The van der Waals surface area contributed by atoms with Crippen molar-refractivity contribution in [3.8, 4) is 0 Å². The van der Waals surface area contributed by atoms with E-state index in [2.05, 4.69) is 12.2 Å². The molecule has 0 aromatic carbocycles. The first kappa shape index (κ1) is 11.9. The molecule has 1 aliphatic carbocycles. The zero-order valence-corrected chi connectivity index (χ0v) is 10.4. The van der Waals surface area contributed by atoms with Gasteiger partial charge in [0.15, 0.2) is 0 Å². The third kappa shape index (κ3) is 2.97. The Morgan fingerprint density at radius 2 is 1.88 bits per heavy atom. The number of rotatable bonds is 4. The maximum absolute atomic E-state index is 11.8. The second-order valence-electron chi connectivity index (χ2n) is 5.30. The third-order valence-electron chi connectivity index (χ3n) is 4.14. The average molecular weight is 224 g/mol. The van der Waals surface area contributed by atoms with Crippen molar-refractivity contribution in [1.29, 1.82) is 0 Å². The molecule has 0 radical (unpaired) electrons. The van der Waals surface area contributed by atoms with E-state index < -0.39 is 0 Å². The van der Waals surface area contributed by atoms with E-state index in [4.69, 9.17) is 0 Å². The Morgan fingerprint density at radius 1 is 1.25 bits per heavy atom. The van der Waals surface area contributed by atoms with Crippen LogP contribution in [0.15, 0.2) is 0 Å². The van der Waals surface area contributed by atoms with Crippen LogP contribution in [0.5, 0.6) is 0 Å². The van der Waals surface area contributed by atoms with E-state index in [0.717, 1.165) is 19.0 Å². The highest BCUT2D eigenvalue weighted by Crippen LogP contribution is 2.27. The minimum Gasteiger partial charge on any atom is -0.342 e. The number of hydrogen-bond donors (Lipinski definition) is 1. The highest BCUT2D eigenvalue weighted by molar-refractivity contribution is 5.78. The fraction of sp³-hybridized carbons (Fsp3) is 0.923. The van der Waals surface area contributed by atoms with Crippen LogP contribution < -0.4 is 5.32 Å². The van der Waals surface area contributed by atoms with Gasteiger partial charge >= 0.3 is 0 Å². The number of amides is 1. The summed E-state index contributed by atoms with van der Waals surface area (Å²) < 4.78 is 0. The maximum atomic E-state index is 11.8. The summed E-state index contributed by atoms with van der Waals surface area (Å²) in [5, 5.41) is 3.41. The van der Waals surface area contributed by atoms with Gasteiger partial charge in [-0.2, -0.15) is 0 Å². The molecule has 1 amide bonds. The predicted octanol–water partition coefficient (Wildman–Crippen LogP) is 1.78. The normalized spacial score (nSPS) is 23.9. The van der Waals surface area contributed by atoms with Crippen molar-refractivity contribution in [1.82, 2.24) is 10.2 Å². The summed E-state index contributed by atoms with van der Waals surface area (Å²) in [5.74, 6) is 1.09. The summed E-state index contributed by atoms with van der Waals surface area (Å²) in [5.41, 5.74) is 0. The molecule has 2 aliphatic rings. The number of nitrogens with zero attached hydrogens (tertiary/aromatic N) is 1. The number of carbonyl (C=O) groups excluding carboxylic acids is 1. The van der Waals surface area contributed by atoms with Crippen LogP contribution in [0.25, 0.3) is 0 Å². The molecule has 2 rings (SSSR count). The van der Waals surface area contributed by atoms with E-state index in [0.29, 0.717) is 18.5 Å². The molecule has 3 heteroatoms. The Hall–Kier alpha value is -0.570. The second-order valence-corrected chi connectivity index (χ2v) is 5.30. The molecule has 1 aliphatic heterocycles. The summed E-state index contributed by atoms with van der Waals surface area (Å²) in [6.07, 6.45) is 7.79. The largest absolute Gasteiger partial charge is 0.342 e. The molecule has 1 saturated heterocycles. The van der Waals surface area contributed by atoms with Crippen LogP contribution in [0.3, 0.4) is 0 Å². The van der Waals surface area contributed by atoms with Gasteiger partial charge in [-0.1, -0.05) is 12.8 Å². The highest BCUT2D eigenvalue weighted by Gasteiger charge is 2.23. The number of likely N-dealkylation sites (tertiary alicyclic amines) is 1. The van der Waals surface area contributed by atoms with Gasteiger partial charge in [0.25, 0.3) is 0 Å². The Labute approximate surface area is 98.6 Å². The monoisotopic (exact) mass is 224 g/mol. The van der Waals surface area contributed by atoms with Gasteiger partial charge in [-0.3, -0.25) is 4.79 Å². The quantitative estimate of drug-likeness (QED) is 0.789. The Balaban J connectivity index is 1.67. The smallest absolute Gasteiger partial charge is 0.236 e. The van der Waals surface area contributed by atoms with Gasteiger partial charge in [-0.15, -0.1) is 0 Å². The number of carbonyl (C=O) groups is 1. The highest BCUT2D eigenvalue weighted by atomic mass is 16.2. The van der Waals surface area contributed by atoms with Crippen molar-refractivity contribution in [2.45, 2.75) is 51.5 Å². The van der Waals surface area contributed by atoms with Gasteiger partial charge in [0.2, 0.25) is 5.91 Å². The molecule has 1 saturated carbocycles. The molecule has 92 valence electrons. The second kappa shape index (κ2) is 5.67. The molecule has 1 heterocycles. The summed E-state index contributed by atoms with van der Waals surface area (Å²) in [7, 11) is 0. The summed E-state index contributed by atoms with van der Waals surface area (Å²) in [6, 6.07) is 0.508. The van der Waals surface area contributed by atoms with Crippen LogP contribution >= 0.6 is 0 Å². The SMILES string of the molecule is C[C@H](NCC(=O)N1CCCC1)C1CCCC1. The lowest BCUT2D eigenvalue weighted by Gasteiger charge is -2.22.